The fourth-order valence-corrected chi connectivity index (χ4v) is 2.57. The van der Waals surface area contributed by atoms with Crippen molar-refractivity contribution in [2.45, 2.75) is 93.1 Å². The van der Waals surface area contributed by atoms with Crippen LogP contribution in [-0.4, -0.2) is 12.2 Å². The molecule has 3 atom stereocenters. The Morgan fingerprint density at radius 3 is 1.95 bits per heavy atom. The Hall–Kier alpha value is -0.0400. The molecule has 0 bridgehead atoms. The zero-order chi connectivity index (χ0) is 15.1. The molecule has 0 rings (SSSR count). The monoisotopic (exact) mass is 270 g/mol. The van der Waals surface area contributed by atoms with E-state index in [0.717, 1.165) is 31.3 Å². The van der Waals surface area contributed by atoms with Crippen LogP contribution in [-0.2, 0) is 4.74 Å². The first-order valence-corrected chi connectivity index (χ1v) is 8.32. The molecular formula is C18H38O. The molecule has 0 aromatic rings. The molecule has 0 saturated carbocycles. The summed E-state index contributed by atoms with van der Waals surface area (Å²) < 4.78 is 6.17. The van der Waals surface area contributed by atoms with Crippen molar-refractivity contribution in [3.05, 3.63) is 0 Å². The molecular weight excluding hydrogens is 232 g/mol. The van der Waals surface area contributed by atoms with Crippen LogP contribution in [0.3, 0.4) is 0 Å². The lowest BCUT2D eigenvalue weighted by Crippen LogP contribution is -2.36. The fourth-order valence-electron chi connectivity index (χ4n) is 2.57. The lowest BCUT2D eigenvalue weighted by atomic mass is 9.70. The van der Waals surface area contributed by atoms with Crippen molar-refractivity contribution >= 4 is 0 Å². The van der Waals surface area contributed by atoms with Crippen molar-refractivity contribution in [2.24, 2.45) is 17.3 Å². The van der Waals surface area contributed by atoms with Crippen LogP contribution in [0.1, 0.15) is 87.5 Å². The molecule has 2 unspecified atom stereocenters. The molecule has 0 spiro atoms. The van der Waals surface area contributed by atoms with Gasteiger partial charge in [-0.3, -0.25) is 0 Å². The standard InChI is InChI=1S/C18H38O/c1-9-12-19-18(8,11-3)14-16(17(5,6)7)13-15(4)10-2/h15-16H,9-14H2,1-8H3/t15?,16?,18-/m1/s1. The second-order valence-corrected chi connectivity index (χ2v) is 7.67. The van der Waals surface area contributed by atoms with E-state index < -0.39 is 0 Å². The van der Waals surface area contributed by atoms with Gasteiger partial charge >= 0.3 is 0 Å². The first-order valence-electron chi connectivity index (χ1n) is 8.32. The van der Waals surface area contributed by atoms with E-state index in [1.54, 1.807) is 0 Å². The van der Waals surface area contributed by atoms with Crippen LogP contribution in [0, 0.1) is 17.3 Å². The van der Waals surface area contributed by atoms with Crippen LogP contribution >= 0.6 is 0 Å². The van der Waals surface area contributed by atoms with Gasteiger partial charge in [0.2, 0.25) is 0 Å². The minimum Gasteiger partial charge on any atom is -0.375 e. The smallest absolute Gasteiger partial charge is 0.0654 e. The Kier molecular flexibility index (Phi) is 8.27. The number of hydrogen-bond acceptors (Lipinski definition) is 1. The predicted molar refractivity (Wildman–Crippen MR) is 86.6 cm³/mol. The third-order valence-corrected chi connectivity index (χ3v) is 4.69. The Balaban J connectivity index is 4.77. The minimum atomic E-state index is 0.0570. The van der Waals surface area contributed by atoms with Gasteiger partial charge in [-0.2, -0.15) is 0 Å². The van der Waals surface area contributed by atoms with E-state index in [4.69, 9.17) is 4.74 Å². The third-order valence-electron chi connectivity index (χ3n) is 4.69. The van der Waals surface area contributed by atoms with E-state index in [2.05, 4.69) is 55.4 Å². The maximum absolute atomic E-state index is 6.17. The highest BCUT2D eigenvalue weighted by molar-refractivity contribution is 4.84. The van der Waals surface area contributed by atoms with Crippen LogP contribution in [0.4, 0.5) is 0 Å². The van der Waals surface area contributed by atoms with E-state index in [0.29, 0.717) is 5.41 Å². The molecule has 0 aromatic heterocycles. The van der Waals surface area contributed by atoms with E-state index in [-0.39, 0.29) is 5.60 Å². The number of hydrogen-bond donors (Lipinski definition) is 0. The van der Waals surface area contributed by atoms with Gasteiger partial charge in [-0.25, -0.2) is 0 Å². The average Bonchev–Trinajstić information content (AvgIpc) is 2.34. The second kappa shape index (κ2) is 8.29. The highest BCUT2D eigenvalue weighted by Gasteiger charge is 2.33. The molecule has 0 amide bonds. The zero-order valence-corrected chi connectivity index (χ0v) is 14.8. The Morgan fingerprint density at radius 1 is 1.00 bits per heavy atom. The van der Waals surface area contributed by atoms with Crippen LogP contribution in [0.25, 0.3) is 0 Å². The van der Waals surface area contributed by atoms with Crippen molar-refractivity contribution in [1.82, 2.24) is 0 Å². The van der Waals surface area contributed by atoms with Crippen LogP contribution < -0.4 is 0 Å². The molecule has 0 saturated heterocycles. The molecule has 0 aliphatic carbocycles. The van der Waals surface area contributed by atoms with Crippen molar-refractivity contribution in [3.63, 3.8) is 0 Å². The lowest BCUT2D eigenvalue weighted by molar-refractivity contribution is -0.0634. The van der Waals surface area contributed by atoms with E-state index >= 15 is 0 Å². The highest BCUT2D eigenvalue weighted by atomic mass is 16.5. The summed E-state index contributed by atoms with van der Waals surface area (Å²) in [6, 6.07) is 0. The molecule has 0 fully saturated rings. The summed E-state index contributed by atoms with van der Waals surface area (Å²) in [5, 5.41) is 0. The van der Waals surface area contributed by atoms with Crippen LogP contribution in [0.5, 0.6) is 0 Å². The van der Waals surface area contributed by atoms with Crippen molar-refractivity contribution < 1.29 is 4.74 Å². The molecule has 0 heterocycles. The van der Waals surface area contributed by atoms with Gasteiger partial charge in [-0.15, -0.1) is 0 Å². The van der Waals surface area contributed by atoms with Gasteiger partial charge in [0.05, 0.1) is 5.60 Å². The van der Waals surface area contributed by atoms with Gasteiger partial charge in [0.15, 0.2) is 0 Å². The SMILES string of the molecule is CCCO[C@](C)(CC)CC(CC(C)CC)C(C)(C)C. The first-order chi connectivity index (χ1) is 8.68. The Labute approximate surface area is 122 Å². The van der Waals surface area contributed by atoms with Gasteiger partial charge in [0, 0.05) is 6.61 Å². The van der Waals surface area contributed by atoms with Crippen molar-refractivity contribution in [3.8, 4) is 0 Å². The molecule has 116 valence electrons. The molecule has 0 N–H and O–H groups in total. The van der Waals surface area contributed by atoms with E-state index in [9.17, 15) is 0 Å². The fraction of sp³-hybridized carbons (Fsp3) is 1.00. The highest BCUT2D eigenvalue weighted by Crippen LogP contribution is 2.39. The zero-order valence-electron chi connectivity index (χ0n) is 14.8. The number of ether oxygens (including phenoxy) is 1. The maximum atomic E-state index is 6.17. The van der Waals surface area contributed by atoms with Gasteiger partial charge in [0.1, 0.15) is 0 Å². The molecule has 1 heteroatoms. The quantitative estimate of drug-likeness (QED) is 0.494. The molecule has 0 aliphatic rings. The summed E-state index contributed by atoms with van der Waals surface area (Å²) in [5.41, 5.74) is 0.427. The normalized spacial score (nSPS) is 18.9. The minimum absolute atomic E-state index is 0.0570. The van der Waals surface area contributed by atoms with Crippen LogP contribution in [0.15, 0.2) is 0 Å². The van der Waals surface area contributed by atoms with E-state index in [1.165, 1.54) is 19.3 Å². The lowest BCUT2D eigenvalue weighted by Gasteiger charge is -2.40. The summed E-state index contributed by atoms with van der Waals surface area (Å²) in [5.74, 6) is 1.56. The summed E-state index contributed by atoms with van der Waals surface area (Å²) >= 11 is 0. The third kappa shape index (κ3) is 7.34. The van der Waals surface area contributed by atoms with E-state index in [1.807, 2.05) is 0 Å². The maximum Gasteiger partial charge on any atom is 0.0654 e. The van der Waals surface area contributed by atoms with Crippen molar-refractivity contribution in [1.29, 1.82) is 0 Å². The molecule has 1 nitrogen and oxygen atoms in total. The summed E-state index contributed by atoms with van der Waals surface area (Å²) in [7, 11) is 0. The van der Waals surface area contributed by atoms with Gasteiger partial charge < -0.3 is 4.74 Å². The summed E-state index contributed by atoms with van der Waals surface area (Å²) in [6.45, 7) is 19.5. The molecule has 19 heavy (non-hydrogen) atoms. The first kappa shape index (κ1) is 19.0. The largest absolute Gasteiger partial charge is 0.375 e. The van der Waals surface area contributed by atoms with Crippen LogP contribution in [0.2, 0.25) is 0 Å². The predicted octanol–water partition coefficient (Wildman–Crippen LogP) is 6.07. The summed E-state index contributed by atoms with van der Waals surface area (Å²) in [6.07, 6.45) is 6.02. The van der Waals surface area contributed by atoms with Gasteiger partial charge in [0.25, 0.3) is 0 Å². The molecule has 0 aliphatic heterocycles. The molecule has 0 aromatic carbocycles. The Bertz CT molecular complexity index is 228. The van der Waals surface area contributed by atoms with Gasteiger partial charge in [-0.05, 0) is 49.9 Å². The summed E-state index contributed by atoms with van der Waals surface area (Å²) in [4.78, 5) is 0. The second-order valence-electron chi connectivity index (χ2n) is 7.67. The average molecular weight is 271 g/mol. The Morgan fingerprint density at radius 2 is 1.58 bits per heavy atom. The van der Waals surface area contributed by atoms with Gasteiger partial charge in [-0.1, -0.05) is 54.9 Å². The number of rotatable bonds is 9. The van der Waals surface area contributed by atoms with Crippen molar-refractivity contribution in [2.75, 3.05) is 6.61 Å². The topological polar surface area (TPSA) is 9.23 Å². The molecule has 0 radical (unpaired) electrons.